The lowest BCUT2D eigenvalue weighted by Gasteiger charge is -2.03. The van der Waals surface area contributed by atoms with E-state index >= 15 is 0 Å². The smallest absolute Gasteiger partial charge is 0.162 e. The van der Waals surface area contributed by atoms with Crippen molar-refractivity contribution >= 4 is 28.6 Å². The van der Waals surface area contributed by atoms with Crippen LogP contribution in [0.15, 0.2) is 23.2 Å². The van der Waals surface area contributed by atoms with Gasteiger partial charge < -0.3 is 5.73 Å². The van der Waals surface area contributed by atoms with Gasteiger partial charge in [-0.25, -0.2) is 9.97 Å². The number of hydrogen-bond acceptors (Lipinski definition) is 4. The summed E-state index contributed by atoms with van der Waals surface area (Å²) in [7, 11) is 0. The van der Waals surface area contributed by atoms with Crippen LogP contribution in [0.25, 0.3) is 11.0 Å². The summed E-state index contributed by atoms with van der Waals surface area (Å²) in [6.07, 6.45) is 2.00. The highest BCUT2D eigenvalue weighted by Crippen LogP contribution is 2.21. The van der Waals surface area contributed by atoms with E-state index in [1.165, 1.54) is 5.56 Å². The van der Waals surface area contributed by atoms with Crippen LogP contribution in [0.2, 0.25) is 0 Å². The largest absolute Gasteiger partial charge is 0.384 e. The second-order valence-electron chi connectivity index (χ2n) is 3.09. The molecule has 2 N–H and O–H groups in total. The summed E-state index contributed by atoms with van der Waals surface area (Å²) in [5, 5.41) is 2.05. The van der Waals surface area contributed by atoms with Gasteiger partial charge in [0, 0.05) is 5.39 Å². The summed E-state index contributed by atoms with van der Waals surface area (Å²) in [4.78, 5) is 8.59. The van der Waals surface area contributed by atoms with Crippen molar-refractivity contribution in [3.8, 4) is 0 Å². The normalized spacial score (nSPS) is 10.7. The van der Waals surface area contributed by atoms with Crippen LogP contribution in [-0.4, -0.2) is 16.2 Å². The molecule has 4 heteroatoms. The zero-order valence-corrected chi connectivity index (χ0v) is 8.93. The molecule has 0 atom stereocenters. The maximum absolute atomic E-state index is 5.61. The number of anilines is 1. The molecule has 2 aromatic heterocycles. The summed E-state index contributed by atoms with van der Waals surface area (Å²) in [5.74, 6) is 0.516. The molecule has 0 radical (unpaired) electrons. The molecule has 3 nitrogen and oxygen atoms in total. The van der Waals surface area contributed by atoms with Crippen LogP contribution >= 0.6 is 11.8 Å². The van der Waals surface area contributed by atoms with Gasteiger partial charge in [-0.1, -0.05) is 0 Å². The van der Waals surface area contributed by atoms with Crippen molar-refractivity contribution in [1.82, 2.24) is 9.97 Å². The highest BCUT2D eigenvalue weighted by Gasteiger charge is 2.03. The number of rotatable bonds is 1. The fourth-order valence-corrected chi connectivity index (χ4v) is 1.83. The quantitative estimate of drug-likeness (QED) is 0.725. The Bertz CT molecular complexity index is 482. The minimum atomic E-state index is 0.516. The van der Waals surface area contributed by atoms with E-state index in [4.69, 9.17) is 5.73 Å². The number of thioether (sulfide) groups is 1. The minimum absolute atomic E-state index is 0.516. The third kappa shape index (κ3) is 1.53. The van der Waals surface area contributed by atoms with Gasteiger partial charge in [-0.15, -0.1) is 11.8 Å². The topological polar surface area (TPSA) is 51.8 Å². The molecule has 0 amide bonds. The lowest BCUT2D eigenvalue weighted by atomic mass is 10.2. The first-order valence-corrected chi connectivity index (χ1v) is 5.51. The van der Waals surface area contributed by atoms with E-state index in [0.29, 0.717) is 5.82 Å². The Labute approximate surface area is 86.7 Å². The van der Waals surface area contributed by atoms with E-state index in [1.54, 1.807) is 17.8 Å². The summed E-state index contributed by atoms with van der Waals surface area (Å²) >= 11 is 1.61. The SMILES string of the molecule is CSc1cc(C)c2ccc(N)nc2n1. The van der Waals surface area contributed by atoms with Gasteiger partial charge >= 0.3 is 0 Å². The second-order valence-corrected chi connectivity index (χ2v) is 3.92. The number of pyridine rings is 2. The zero-order chi connectivity index (χ0) is 10.1. The Morgan fingerprint density at radius 2 is 2.07 bits per heavy atom. The molecule has 0 saturated heterocycles. The van der Waals surface area contributed by atoms with Gasteiger partial charge in [0.1, 0.15) is 5.82 Å². The lowest BCUT2D eigenvalue weighted by molar-refractivity contribution is 1.14. The molecule has 0 aliphatic heterocycles. The molecule has 2 heterocycles. The highest BCUT2D eigenvalue weighted by atomic mass is 32.2. The number of aromatic nitrogens is 2. The lowest BCUT2D eigenvalue weighted by Crippen LogP contribution is -1.94. The van der Waals surface area contributed by atoms with Crippen molar-refractivity contribution in [3.63, 3.8) is 0 Å². The molecule has 2 aromatic rings. The van der Waals surface area contributed by atoms with Crippen molar-refractivity contribution in [2.24, 2.45) is 0 Å². The minimum Gasteiger partial charge on any atom is -0.384 e. The average Bonchev–Trinajstić information content (AvgIpc) is 2.16. The molecule has 0 aromatic carbocycles. The van der Waals surface area contributed by atoms with E-state index in [0.717, 1.165) is 16.1 Å². The van der Waals surface area contributed by atoms with Gasteiger partial charge in [0.2, 0.25) is 0 Å². The van der Waals surface area contributed by atoms with Crippen LogP contribution in [0.5, 0.6) is 0 Å². The Kier molecular flexibility index (Phi) is 2.29. The molecule has 0 fully saturated rings. The number of nitrogen functional groups attached to an aromatic ring is 1. The van der Waals surface area contributed by atoms with E-state index in [9.17, 15) is 0 Å². The predicted molar refractivity (Wildman–Crippen MR) is 60.5 cm³/mol. The van der Waals surface area contributed by atoms with E-state index in [1.807, 2.05) is 12.3 Å². The molecule has 0 aliphatic rings. The van der Waals surface area contributed by atoms with Crippen LogP contribution < -0.4 is 5.73 Å². The average molecular weight is 205 g/mol. The number of nitrogens with zero attached hydrogens (tertiary/aromatic N) is 2. The standard InChI is InChI=1S/C10H11N3S/c1-6-5-9(14-2)13-10-7(6)3-4-8(11)12-10/h3-5H,1-2H3,(H2,11,12,13). The maximum atomic E-state index is 5.61. The monoisotopic (exact) mass is 205 g/mol. The summed E-state index contributed by atoms with van der Waals surface area (Å²) in [6, 6.07) is 5.82. The van der Waals surface area contributed by atoms with Gasteiger partial charge in [-0.05, 0) is 36.9 Å². The van der Waals surface area contributed by atoms with Crippen LogP contribution in [0, 0.1) is 6.92 Å². The molecule has 14 heavy (non-hydrogen) atoms. The third-order valence-electron chi connectivity index (χ3n) is 2.09. The molecule has 2 rings (SSSR count). The zero-order valence-electron chi connectivity index (χ0n) is 8.11. The van der Waals surface area contributed by atoms with Crippen LogP contribution in [0.4, 0.5) is 5.82 Å². The van der Waals surface area contributed by atoms with Crippen molar-refractivity contribution in [2.75, 3.05) is 12.0 Å². The number of nitrogens with two attached hydrogens (primary N) is 1. The van der Waals surface area contributed by atoms with Gasteiger partial charge in [0.05, 0.1) is 5.03 Å². The van der Waals surface area contributed by atoms with Crippen molar-refractivity contribution < 1.29 is 0 Å². The molecule has 0 aliphatic carbocycles. The maximum Gasteiger partial charge on any atom is 0.162 e. The molecule has 0 bridgehead atoms. The Balaban J connectivity index is 2.77. The van der Waals surface area contributed by atoms with Gasteiger partial charge in [0.25, 0.3) is 0 Å². The Morgan fingerprint density at radius 3 is 2.79 bits per heavy atom. The second kappa shape index (κ2) is 3.46. The number of hydrogen-bond donors (Lipinski definition) is 1. The Morgan fingerprint density at radius 1 is 1.29 bits per heavy atom. The van der Waals surface area contributed by atoms with E-state index in [2.05, 4.69) is 23.0 Å². The summed E-state index contributed by atoms with van der Waals surface area (Å²) in [5.41, 5.74) is 7.53. The third-order valence-corrected chi connectivity index (χ3v) is 2.71. The summed E-state index contributed by atoms with van der Waals surface area (Å²) in [6.45, 7) is 2.06. The first-order valence-electron chi connectivity index (χ1n) is 4.28. The molecular formula is C10H11N3S. The van der Waals surface area contributed by atoms with Gasteiger partial charge in [0.15, 0.2) is 5.65 Å². The van der Waals surface area contributed by atoms with E-state index in [-0.39, 0.29) is 0 Å². The first-order chi connectivity index (χ1) is 6.70. The van der Waals surface area contributed by atoms with Crippen molar-refractivity contribution in [3.05, 3.63) is 23.8 Å². The van der Waals surface area contributed by atoms with Crippen molar-refractivity contribution in [2.45, 2.75) is 11.9 Å². The summed E-state index contributed by atoms with van der Waals surface area (Å²) < 4.78 is 0. The predicted octanol–water partition coefficient (Wildman–Crippen LogP) is 2.24. The fourth-order valence-electron chi connectivity index (χ4n) is 1.36. The van der Waals surface area contributed by atoms with Crippen LogP contribution in [0.1, 0.15) is 5.56 Å². The molecule has 0 spiro atoms. The number of fused-ring (bicyclic) bond motifs is 1. The fraction of sp³-hybridized carbons (Fsp3) is 0.200. The molecule has 72 valence electrons. The van der Waals surface area contributed by atoms with Crippen LogP contribution in [-0.2, 0) is 0 Å². The van der Waals surface area contributed by atoms with Crippen molar-refractivity contribution in [1.29, 1.82) is 0 Å². The van der Waals surface area contributed by atoms with Gasteiger partial charge in [-0.2, -0.15) is 0 Å². The molecule has 0 unspecified atom stereocenters. The van der Waals surface area contributed by atoms with E-state index < -0.39 is 0 Å². The van der Waals surface area contributed by atoms with Crippen LogP contribution in [0.3, 0.4) is 0 Å². The molecular weight excluding hydrogens is 194 g/mol. The highest BCUT2D eigenvalue weighted by molar-refractivity contribution is 7.98. The molecule has 0 saturated carbocycles. The first kappa shape index (κ1) is 9.27. The van der Waals surface area contributed by atoms with Gasteiger partial charge in [-0.3, -0.25) is 0 Å². The number of aryl methyl sites for hydroxylation is 1. The Hall–Kier alpha value is -1.29.